The number of nitrogens with zero attached hydrogens (tertiary/aromatic N) is 1. The number of rotatable bonds is 6. The van der Waals surface area contributed by atoms with Gasteiger partial charge in [0.1, 0.15) is 19.0 Å². The van der Waals surface area contributed by atoms with Crippen molar-refractivity contribution in [3.05, 3.63) is 53.3 Å². The van der Waals surface area contributed by atoms with Crippen molar-refractivity contribution in [2.75, 3.05) is 13.2 Å². The van der Waals surface area contributed by atoms with Crippen LogP contribution in [0.5, 0.6) is 11.5 Å². The summed E-state index contributed by atoms with van der Waals surface area (Å²) in [5.41, 5.74) is 2.17. The summed E-state index contributed by atoms with van der Waals surface area (Å²) in [4.78, 5) is 14.8. The predicted octanol–water partition coefficient (Wildman–Crippen LogP) is 2.85. The highest BCUT2D eigenvalue weighted by atomic mass is 16.5. The standard InChI is InChI=1S/C16H17NO4/c1-11-8-12(2)10-13(9-11)20-6-7-21-14-4-3-5-17-15(14)16(18)19/h3-5,8-10H,6-7H2,1-2H3,(H,18,19). The third-order valence-corrected chi connectivity index (χ3v) is 2.78. The molecule has 0 aliphatic carbocycles. The van der Waals surface area contributed by atoms with E-state index in [2.05, 4.69) is 11.1 Å². The Morgan fingerprint density at radius 2 is 1.81 bits per heavy atom. The van der Waals surface area contributed by atoms with E-state index in [4.69, 9.17) is 14.6 Å². The van der Waals surface area contributed by atoms with Gasteiger partial charge in [0.25, 0.3) is 0 Å². The van der Waals surface area contributed by atoms with Crippen LogP contribution in [0.3, 0.4) is 0 Å². The van der Waals surface area contributed by atoms with Gasteiger partial charge in [-0.2, -0.15) is 0 Å². The number of carboxylic acids is 1. The van der Waals surface area contributed by atoms with E-state index in [1.54, 1.807) is 12.1 Å². The minimum Gasteiger partial charge on any atom is -0.490 e. The van der Waals surface area contributed by atoms with Gasteiger partial charge in [0.2, 0.25) is 0 Å². The Morgan fingerprint density at radius 3 is 2.48 bits per heavy atom. The average molecular weight is 287 g/mol. The van der Waals surface area contributed by atoms with Crippen LogP contribution >= 0.6 is 0 Å². The van der Waals surface area contributed by atoms with Crippen LogP contribution in [0.2, 0.25) is 0 Å². The van der Waals surface area contributed by atoms with E-state index in [0.717, 1.165) is 16.9 Å². The number of aromatic carboxylic acids is 1. The van der Waals surface area contributed by atoms with Gasteiger partial charge in [-0.1, -0.05) is 6.07 Å². The minimum atomic E-state index is -1.11. The van der Waals surface area contributed by atoms with Crippen LogP contribution in [-0.2, 0) is 0 Å². The van der Waals surface area contributed by atoms with Gasteiger partial charge in [-0.25, -0.2) is 9.78 Å². The fourth-order valence-corrected chi connectivity index (χ4v) is 2.00. The first kappa shape index (κ1) is 14.8. The van der Waals surface area contributed by atoms with Gasteiger partial charge in [-0.15, -0.1) is 0 Å². The molecule has 5 nitrogen and oxygen atoms in total. The molecule has 110 valence electrons. The lowest BCUT2D eigenvalue weighted by Gasteiger charge is -2.10. The maximum Gasteiger partial charge on any atom is 0.358 e. The average Bonchev–Trinajstić information content (AvgIpc) is 2.43. The first-order valence-electron chi connectivity index (χ1n) is 6.58. The van der Waals surface area contributed by atoms with Gasteiger partial charge in [0, 0.05) is 6.20 Å². The summed E-state index contributed by atoms with van der Waals surface area (Å²) in [6, 6.07) is 9.16. The fourth-order valence-electron chi connectivity index (χ4n) is 2.00. The molecule has 0 unspecified atom stereocenters. The van der Waals surface area contributed by atoms with Crippen molar-refractivity contribution in [2.45, 2.75) is 13.8 Å². The second kappa shape index (κ2) is 6.74. The highest BCUT2D eigenvalue weighted by Gasteiger charge is 2.11. The largest absolute Gasteiger partial charge is 0.490 e. The number of carboxylic acid groups (broad SMARTS) is 1. The summed E-state index contributed by atoms with van der Waals surface area (Å²) in [6.07, 6.45) is 1.42. The second-order valence-electron chi connectivity index (χ2n) is 4.68. The Bertz CT molecular complexity index is 620. The maximum atomic E-state index is 11.0. The van der Waals surface area contributed by atoms with Crippen molar-refractivity contribution in [1.82, 2.24) is 4.98 Å². The molecule has 0 aliphatic heterocycles. The fraction of sp³-hybridized carbons (Fsp3) is 0.250. The molecule has 1 aromatic heterocycles. The zero-order valence-corrected chi connectivity index (χ0v) is 12.0. The number of ether oxygens (including phenoxy) is 2. The number of hydrogen-bond donors (Lipinski definition) is 1. The van der Waals surface area contributed by atoms with Crippen molar-refractivity contribution >= 4 is 5.97 Å². The smallest absolute Gasteiger partial charge is 0.358 e. The third kappa shape index (κ3) is 4.21. The number of pyridine rings is 1. The Morgan fingerprint density at radius 1 is 1.14 bits per heavy atom. The van der Waals surface area contributed by atoms with Crippen molar-refractivity contribution in [3.8, 4) is 11.5 Å². The number of hydrogen-bond acceptors (Lipinski definition) is 4. The van der Waals surface area contributed by atoms with E-state index in [1.165, 1.54) is 6.20 Å². The molecule has 0 atom stereocenters. The molecule has 0 amide bonds. The molecule has 0 radical (unpaired) electrons. The number of aryl methyl sites for hydroxylation is 2. The number of aromatic nitrogens is 1. The number of benzene rings is 1. The van der Waals surface area contributed by atoms with Gasteiger partial charge >= 0.3 is 5.97 Å². The molecule has 2 rings (SSSR count). The highest BCUT2D eigenvalue weighted by Crippen LogP contribution is 2.17. The van der Waals surface area contributed by atoms with Crippen LogP contribution in [0, 0.1) is 13.8 Å². The van der Waals surface area contributed by atoms with Crippen molar-refractivity contribution < 1.29 is 19.4 Å². The molecule has 0 bridgehead atoms. The predicted molar refractivity (Wildman–Crippen MR) is 78.1 cm³/mol. The monoisotopic (exact) mass is 287 g/mol. The van der Waals surface area contributed by atoms with Crippen molar-refractivity contribution in [3.63, 3.8) is 0 Å². The zero-order chi connectivity index (χ0) is 15.2. The Kier molecular flexibility index (Phi) is 4.77. The molecular formula is C16H17NO4. The molecule has 0 aliphatic rings. The Balaban J connectivity index is 1.89. The van der Waals surface area contributed by atoms with Crippen LogP contribution < -0.4 is 9.47 Å². The molecular weight excluding hydrogens is 270 g/mol. The van der Waals surface area contributed by atoms with Gasteiger partial charge < -0.3 is 14.6 Å². The molecule has 0 saturated carbocycles. The molecule has 0 spiro atoms. The zero-order valence-electron chi connectivity index (χ0n) is 12.0. The van der Waals surface area contributed by atoms with E-state index in [1.807, 2.05) is 26.0 Å². The van der Waals surface area contributed by atoms with E-state index in [-0.39, 0.29) is 18.1 Å². The molecule has 1 aromatic carbocycles. The molecule has 21 heavy (non-hydrogen) atoms. The van der Waals surface area contributed by atoms with Gasteiger partial charge in [-0.05, 0) is 49.2 Å². The molecule has 1 heterocycles. The normalized spacial score (nSPS) is 10.2. The van der Waals surface area contributed by atoms with Crippen molar-refractivity contribution in [2.24, 2.45) is 0 Å². The molecule has 0 saturated heterocycles. The maximum absolute atomic E-state index is 11.0. The lowest BCUT2D eigenvalue weighted by molar-refractivity contribution is 0.0684. The lowest BCUT2D eigenvalue weighted by atomic mass is 10.1. The van der Waals surface area contributed by atoms with Crippen LogP contribution in [0.15, 0.2) is 36.5 Å². The number of carbonyl (C=O) groups is 1. The summed E-state index contributed by atoms with van der Waals surface area (Å²) in [7, 11) is 0. The molecule has 1 N–H and O–H groups in total. The lowest BCUT2D eigenvalue weighted by Crippen LogP contribution is -2.12. The second-order valence-corrected chi connectivity index (χ2v) is 4.68. The van der Waals surface area contributed by atoms with Crippen LogP contribution in [0.1, 0.15) is 21.6 Å². The molecule has 5 heteroatoms. The van der Waals surface area contributed by atoms with E-state index in [0.29, 0.717) is 6.61 Å². The van der Waals surface area contributed by atoms with Gasteiger partial charge in [0.05, 0.1) is 0 Å². The van der Waals surface area contributed by atoms with E-state index >= 15 is 0 Å². The molecule has 0 fully saturated rings. The topological polar surface area (TPSA) is 68.7 Å². The first-order chi connectivity index (χ1) is 10.1. The summed E-state index contributed by atoms with van der Waals surface area (Å²) >= 11 is 0. The van der Waals surface area contributed by atoms with Crippen LogP contribution in [0.25, 0.3) is 0 Å². The van der Waals surface area contributed by atoms with Crippen molar-refractivity contribution in [1.29, 1.82) is 0 Å². The quantitative estimate of drug-likeness (QED) is 0.827. The van der Waals surface area contributed by atoms with Gasteiger partial charge in [0.15, 0.2) is 11.4 Å². The summed E-state index contributed by atoms with van der Waals surface area (Å²) in [6.45, 7) is 4.59. The van der Waals surface area contributed by atoms with E-state index in [9.17, 15) is 4.79 Å². The highest BCUT2D eigenvalue weighted by molar-refractivity contribution is 5.88. The summed E-state index contributed by atoms with van der Waals surface area (Å²) in [5, 5.41) is 8.99. The van der Waals surface area contributed by atoms with Crippen LogP contribution in [0.4, 0.5) is 0 Å². The van der Waals surface area contributed by atoms with Crippen LogP contribution in [-0.4, -0.2) is 29.3 Å². The summed E-state index contributed by atoms with van der Waals surface area (Å²) < 4.78 is 11.0. The molecule has 2 aromatic rings. The summed E-state index contributed by atoms with van der Waals surface area (Å²) in [5.74, 6) is -0.0874. The third-order valence-electron chi connectivity index (χ3n) is 2.78. The SMILES string of the molecule is Cc1cc(C)cc(OCCOc2cccnc2C(=O)O)c1. The Hall–Kier alpha value is -2.56. The first-order valence-corrected chi connectivity index (χ1v) is 6.58. The van der Waals surface area contributed by atoms with Gasteiger partial charge in [-0.3, -0.25) is 0 Å². The van der Waals surface area contributed by atoms with E-state index < -0.39 is 5.97 Å². The Labute approximate surface area is 123 Å². The minimum absolute atomic E-state index is 0.0936.